The van der Waals surface area contributed by atoms with E-state index in [1.807, 2.05) is 0 Å². The molecule has 0 aromatic heterocycles. The van der Waals surface area contributed by atoms with Crippen molar-refractivity contribution in [2.75, 3.05) is 11.5 Å². The summed E-state index contributed by atoms with van der Waals surface area (Å²) < 4.78 is 37.6. The Balaban J connectivity index is 2.44. The second-order valence-electron chi connectivity index (χ2n) is 4.37. The number of aromatic hydroxyl groups is 2. The van der Waals surface area contributed by atoms with Crippen LogP contribution in [0.25, 0.3) is 0 Å². The Morgan fingerprint density at radius 2 is 1.68 bits per heavy atom. The molecule has 8 heteroatoms. The van der Waals surface area contributed by atoms with Gasteiger partial charge in [-0.2, -0.15) is 14.0 Å². The van der Waals surface area contributed by atoms with Crippen LogP contribution in [-0.2, 0) is 3.74 Å². The lowest BCUT2D eigenvalue weighted by Crippen LogP contribution is -2.61. The van der Waals surface area contributed by atoms with Gasteiger partial charge in [-0.05, 0) is 31.0 Å². The Morgan fingerprint density at radius 3 is 2.26 bits per heavy atom. The van der Waals surface area contributed by atoms with Crippen molar-refractivity contribution in [3.8, 4) is 11.5 Å². The maximum atomic E-state index is 10.9. The van der Waals surface area contributed by atoms with E-state index in [9.17, 15) is 24.2 Å². The van der Waals surface area contributed by atoms with Gasteiger partial charge in [-0.15, -0.1) is 0 Å². The molecule has 2 N–H and O–H groups in total. The van der Waals surface area contributed by atoms with E-state index in [1.165, 1.54) is 18.2 Å². The summed E-state index contributed by atoms with van der Waals surface area (Å²) in [7, 11) is -6.99. The van der Waals surface area contributed by atoms with Crippen molar-refractivity contribution in [3.63, 3.8) is 0 Å². The van der Waals surface area contributed by atoms with Gasteiger partial charge in [0, 0.05) is 21.8 Å². The van der Waals surface area contributed by atoms with Gasteiger partial charge in [0.2, 0.25) is 0 Å². The lowest BCUT2D eigenvalue weighted by molar-refractivity contribution is -1.91. The fourth-order valence-corrected chi connectivity index (χ4v) is 6.94. The average molecular weight is 311 g/mol. The quantitative estimate of drug-likeness (QED) is 0.711. The highest BCUT2D eigenvalue weighted by molar-refractivity contribution is 8.29. The van der Waals surface area contributed by atoms with Crippen LogP contribution in [0.1, 0.15) is 19.3 Å². The summed E-state index contributed by atoms with van der Waals surface area (Å²) in [5, 5.41) is 19.4. The number of phenols is 2. The molecule has 1 heterocycles. The summed E-state index contributed by atoms with van der Waals surface area (Å²) in [6.07, 6.45) is 2.36. The first-order valence-corrected chi connectivity index (χ1v) is 8.88. The van der Waals surface area contributed by atoms with E-state index in [0.29, 0.717) is 11.5 Å². The van der Waals surface area contributed by atoms with Gasteiger partial charge in [0.15, 0.2) is 0 Å². The number of hydrogen-bond acceptors (Lipinski definition) is 6. The first kappa shape index (κ1) is 14.7. The molecule has 1 aliphatic rings. The van der Waals surface area contributed by atoms with Gasteiger partial charge in [-0.25, -0.2) is 0 Å². The highest BCUT2D eigenvalue weighted by Gasteiger charge is 2.45. The molecule has 0 saturated carbocycles. The van der Waals surface area contributed by atoms with Crippen molar-refractivity contribution in [1.82, 2.24) is 0 Å². The standard InChI is InChI=1S/C11H15ClO6S/c13-9-4-5-10(14)11(8-9)19(18-12(15,16)17)6-2-1-3-7-19/h4-5,8,13-14H,1-3,6-7H2. The smallest absolute Gasteiger partial charge is 0.130 e. The molecule has 0 bridgehead atoms. The summed E-state index contributed by atoms with van der Waals surface area (Å²) >= 11 is 0. The lowest BCUT2D eigenvalue weighted by Gasteiger charge is -2.36. The average Bonchev–Trinajstić information content (AvgIpc) is 2.31. The largest absolute Gasteiger partial charge is 0.508 e. The van der Waals surface area contributed by atoms with Crippen LogP contribution in [0.15, 0.2) is 23.1 Å². The number of hydrogen-bond donors (Lipinski definition) is 2. The van der Waals surface area contributed by atoms with Gasteiger partial charge < -0.3 is 10.2 Å². The van der Waals surface area contributed by atoms with E-state index < -0.39 is 20.6 Å². The van der Waals surface area contributed by atoms with Crippen molar-refractivity contribution >= 4 is 10.3 Å². The molecule has 1 saturated heterocycles. The Morgan fingerprint density at radius 1 is 1.05 bits per heavy atom. The minimum absolute atomic E-state index is 0.103. The van der Waals surface area contributed by atoms with Crippen LogP contribution in [0.5, 0.6) is 11.5 Å². The Labute approximate surface area is 114 Å². The molecule has 2 rings (SSSR count). The maximum absolute atomic E-state index is 10.9. The minimum atomic E-state index is -4.58. The first-order chi connectivity index (χ1) is 8.82. The highest BCUT2D eigenvalue weighted by atomic mass is 35.7. The zero-order valence-electron chi connectivity index (χ0n) is 10.1. The molecule has 0 amide bonds. The Kier molecular flexibility index (Phi) is 4.14. The first-order valence-electron chi connectivity index (χ1n) is 5.75. The molecule has 0 radical (unpaired) electrons. The van der Waals surface area contributed by atoms with Crippen LogP contribution >= 0.6 is 10.3 Å². The third kappa shape index (κ3) is 3.44. The van der Waals surface area contributed by atoms with Crippen LogP contribution in [-0.4, -0.2) is 21.7 Å². The van der Waals surface area contributed by atoms with Crippen molar-refractivity contribution in [2.45, 2.75) is 24.2 Å². The molecular formula is C11H15ClO6S. The van der Waals surface area contributed by atoms with Crippen LogP contribution in [0.2, 0.25) is 0 Å². The van der Waals surface area contributed by atoms with Gasteiger partial charge in [-0.3, -0.25) is 0 Å². The lowest BCUT2D eigenvalue weighted by atomic mass is 10.3. The summed E-state index contributed by atoms with van der Waals surface area (Å²) in [4.78, 5) is 0.221. The third-order valence-electron chi connectivity index (χ3n) is 2.99. The van der Waals surface area contributed by atoms with E-state index in [4.69, 9.17) is 3.74 Å². The van der Waals surface area contributed by atoms with Gasteiger partial charge >= 0.3 is 0 Å². The summed E-state index contributed by atoms with van der Waals surface area (Å²) in [6, 6.07) is 3.83. The van der Waals surface area contributed by atoms with E-state index in [0.717, 1.165) is 19.3 Å². The third-order valence-corrected chi connectivity index (χ3v) is 7.60. The number of phenolic OH excluding ortho intramolecular Hbond substituents is 2. The maximum Gasteiger partial charge on any atom is 0.130 e. The van der Waals surface area contributed by atoms with Gasteiger partial charge in [0.1, 0.15) is 15.2 Å². The van der Waals surface area contributed by atoms with E-state index in [2.05, 4.69) is 0 Å². The molecule has 0 aliphatic carbocycles. The summed E-state index contributed by atoms with van der Waals surface area (Å²) in [6.45, 7) is 0. The van der Waals surface area contributed by atoms with Crippen LogP contribution < -0.4 is 14.0 Å². The van der Waals surface area contributed by atoms with Crippen molar-refractivity contribution in [2.24, 2.45) is 0 Å². The molecule has 1 fully saturated rings. The monoisotopic (exact) mass is 310 g/mol. The van der Waals surface area contributed by atoms with Crippen LogP contribution in [0, 0.1) is 10.2 Å². The van der Waals surface area contributed by atoms with Gasteiger partial charge in [0.25, 0.3) is 0 Å². The van der Waals surface area contributed by atoms with Crippen molar-refractivity contribution in [3.05, 3.63) is 18.2 Å². The zero-order chi connectivity index (χ0) is 14.1. The normalized spacial score (nSPS) is 21.0. The van der Waals surface area contributed by atoms with Crippen LogP contribution in [0.3, 0.4) is 0 Å². The fourth-order valence-electron chi connectivity index (χ4n) is 2.21. The Hall–Kier alpha value is -0.700. The zero-order valence-corrected chi connectivity index (χ0v) is 11.7. The van der Waals surface area contributed by atoms with Gasteiger partial charge in [-0.1, -0.05) is 6.42 Å². The summed E-state index contributed by atoms with van der Waals surface area (Å²) in [5.41, 5.74) is 0. The van der Waals surface area contributed by atoms with E-state index in [1.54, 1.807) is 0 Å². The second-order valence-corrected chi connectivity index (χ2v) is 8.51. The molecule has 0 spiro atoms. The molecule has 6 nitrogen and oxygen atoms in total. The van der Waals surface area contributed by atoms with E-state index >= 15 is 0 Å². The van der Waals surface area contributed by atoms with Crippen molar-refractivity contribution in [1.29, 1.82) is 0 Å². The second kappa shape index (κ2) is 5.35. The summed E-state index contributed by atoms with van der Waals surface area (Å²) in [5.74, 6) is 0.513. The van der Waals surface area contributed by atoms with Gasteiger partial charge in [0.05, 0.1) is 15.1 Å². The number of halogens is 1. The molecular weight excluding hydrogens is 296 g/mol. The molecule has 0 atom stereocenters. The topological polar surface area (TPSA) is 119 Å². The molecule has 0 unspecified atom stereocenters. The predicted molar refractivity (Wildman–Crippen MR) is 60.3 cm³/mol. The SMILES string of the molecule is [O-][Cl+3]([O-])([O-])OS1(c2cc(O)ccc2O)CCCCC1. The van der Waals surface area contributed by atoms with Crippen molar-refractivity contribution < 1.29 is 38.2 Å². The highest BCUT2D eigenvalue weighted by Crippen LogP contribution is 2.64. The van der Waals surface area contributed by atoms with E-state index in [-0.39, 0.29) is 16.4 Å². The molecule has 1 aromatic carbocycles. The molecule has 108 valence electrons. The number of rotatable bonds is 3. The molecule has 19 heavy (non-hydrogen) atoms. The molecule has 1 aliphatic heterocycles. The predicted octanol–water partition coefficient (Wildman–Crippen LogP) is -0.726. The van der Waals surface area contributed by atoms with Crippen LogP contribution in [0.4, 0.5) is 0 Å². The number of benzene rings is 1. The fraction of sp³-hybridized carbons (Fsp3) is 0.455. The Bertz CT molecular complexity index is 455. The molecule has 1 aromatic rings. The minimum Gasteiger partial charge on any atom is -0.508 e.